The molecule has 0 radical (unpaired) electrons. The minimum absolute atomic E-state index is 0.438. The monoisotopic (exact) mass is 1250 g/mol. The summed E-state index contributed by atoms with van der Waals surface area (Å²) in [5.74, 6) is 2.97. The summed E-state index contributed by atoms with van der Waals surface area (Å²) < 4.78 is 4.79. The average Bonchev–Trinajstić information content (AvgIpc) is 1.53. The van der Waals surface area contributed by atoms with Crippen molar-refractivity contribution in [1.82, 2.24) is 49.0 Å². The van der Waals surface area contributed by atoms with E-state index in [0.29, 0.717) is 46.1 Å². The molecular formula is C88H56N10. The molecule has 18 rings (SSSR count). The molecule has 0 saturated carbocycles. The second-order valence-electron chi connectivity index (χ2n) is 24.3. The molecule has 0 atom stereocenters. The number of fused-ring (bicyclic) bond motifs is 6. The molecule has 10 nitrogen and oxygen atoms in total. The first-order valence-corrected chi connectivity index (χ1v) is 32.7. The Morgan fingerprint density at radius 3 is 0.898 bits per heavy atom. The molecule has 98 heavy (non-hydrogen) atoms. The molecule has 0 spiro atoms. The lowest BCUT2D eigenvalue weighted by atomic mass is 10.0. The third-order valence-corrected chi connectivity index (χ3v) is 18.3. The lowest BCUT2D eigenvalue weighted by molar-refractivity contribution is 1.05. The molecule has 18 aromatic rings. The standard InChI is InChI=1S/C88H56N10/c1-8-26-57(27-9-1)64-48-51-78-70(52-64)67-40-22-23-45-77(67)97(78)81-56-82(98-79-53-65(75-43-24-41-73(89-75)58-28-10-2-11-29-58)46-49-68(79)69-50-47-66(54-80(69)98)76-44-25-42-74(90-76)59-30-12-3-13-31-59)72(88-95-85(62-36-18-6-19-37-62)92-86(96-88)63-38-20-7-21-39-63)55-71(81)87-93-83(60-32-14-4-15-33-60)91-84(94-87)61-34-16-5-17-35-61/h1-56H. The molecule has 0 aliphatic rings. The lowest BCUT2D eigenvalue weighted by Crippen LogP contribution is -2.08. The van der Waals surface area contributed by atoms with E-state index in [9.17, 15) is 0 Å². The average molecular weight is 1250 g/mol. The normalized spacial score (nSPS) is 11.5. The third-order valence-electron chi connectivity index (χ3n) is 18.3. The van der Waals surface area contributed by atoms with Gasteiger partial charge in [-0.3, -0.25) is 0 Å². The number of rotatable bonds is 13. The van der Waals surface area contributed by atoms with Crippen molar-refractivity contribution in [3.05, 3.63) is 340 Å². The highest BCUT2D eigenvalue weighted by atomic mass is 15.1. The van der Waals surface area contributed by atoms with Gasteiger partial charge >= 0.3 is 0 Å². The lowest BCUT2D eigenvalue weighted by Gasteiger charge is -2.21. The fraction of sp³-hybridized carbons (Fsp3) is 0. The van der Waals surface area contributed by atoms with Gasteiger partial charge in [0.1, 0.15) is 0 Å². The highest BCUT2D eigenvalue weighted by Gasteiger charge is 2.28. The van der Waals surface area contributed by atoms with Crippen molar-refractivity contribution in [3.8, 4) is 136 Å². The van der Waals surface area contributed by atoms with Gasteiger partial charge in [0.05, 0.1) is 56.2 Å². The molecule has 6 aromatic heterocycles. The van der Waals surface area contributed by atoms with Gasteiger partial charge in [0.15, 0.2) is 34.9 Å². The van der Waals surface area contributed by atoms with E-state index in [2.05, 4.69) is 215 Å². The quantitative estimate of drug-likeness (QED) is 0.112. The zero-order valence-corrected chi connectivity index (χ0v) is 52.8. The maximum Gasteiger partial charge on any atom is 0.166 e. The Balaban J connectivity index is 1.01. The molecular weight excluding hydrogens is 1200 g/mol. The second-order valence-corrected chi connectivity index (χ2v) is 24.3. The minimum Gasteiger partial charge on any atom is -0.308 e. The van der Waals surface area contributed by atoms with Crippen LogP contribution in [0.2, 0.25) is 0 Å². The van der Waals surface area contributed by atoms with Gasteiger partial charge in [-0.05, 0) is 77.9 Å². The Morgan fingerprint density at radius 2 is 0.480 bits per heavy atom. The van der Waals surface area contributed by atoms with Gasteiger partial charge in [-0.2, -0.15) is 0 Å². The number of pyridine rings is 2. The summed E-state index contributed by atoms with van der Waals surface area (Å²) in [6.07, 6.45) is 0. The van der Waals surface area contributed by atoms with E-state index in [1.807, 2.05) is 133 Å². The highest BCUT2D eigenvalue weighted by molar-refractivity contribution is 6.13. The van der Waals surface area contributed by atoms with Crippen LogP contribution in [-0.2, 0) is 0 Å². The van der Waals surface area contributed by atoms with Gasteiger partial charge in [-0.25, -0.2) is 39.9 Å². The number of benzene rings is 12. The Bertz CT molecular complexity index is 5770. The molecule has 0 aliphatic heterocycles. The van der Waals surface area contributed by atoms with Crippen LogP contribution in [0.3, 0.4) is 0 Å². The van der Waals surface area contributed by atoms with Crippen molar-refractivity contribution in [3.63, 3.8) is 0 Å². The zero-order valence-electron chi connectivity index (χ0n) is 52.8. The molecule has 0 N–H and O–H groups in total. The molecule has 0 aliphatic carbocycles. The van der Waals surface area contributed by atoms with Crippen LogP contribution in [-0.4, -0.2) is 49.0 Å². The van der Waals surface area contributed by atoms with Gasteiger partial charge in [0.2, 0.25) is 0 Å². The van der Waals surface area contributed by atoms with E-state index >= 15 is 0 Å². The summed E-state index contributed by atoms with van der Waals surface area (Å²) in [5.41, 5.74) is 19.8. The predicted molar refractivity (Wildman–Crippen MR) is 397 cm³/mol. The fourth-order valence-electron chi connectivity index (χ4n) is 13.5. The van der Waals surface area contributed by atoms with E-state index in [1.54, 1.807) is 0 Å². The summed E-state index contributed by atoms with van der Waals surface area (Å²) in [5, 5.41) is 4.24. The Kier molecular flexibility index (Phi) is 14.3. The van der Waals surface area contributed by atoms with Crippen LogP contribution in [0.15, 0.2) is 340 Å². The van der Waals surface area contributed by atoms with Crippen molar-refractivity contribution < 1.29 is 0 Å². The van der Waals surface area contributed by atoms with Crippen LogP contribution in [0, 0.1) is 0 Å². The third kappa shape index (κ3) is 10.5. The van der Waals surface area contributed by atoms with E-state index in [4.69, 9.17) is 39.9 Å². The predicted octanol–water partition coefficient (Wildman–Crippen LogP) is 21.4. The Hall–Kier alpha value is -13.4. The molecule has 0 bridgehead atoms. The van der Waals surface area contributed by atoms with Crippen molar-refractivity contribution in [2.45, 2.75) is 0 Å². The molecule has 0 fully saturated rings. The second kappa shape index (κ2) is 24.5. The van der Waals surface area contributed by atoms with E-state index < -0.39 is 0 Å². The van der Waals surface area contributed by atoms with E-state index in [-0.39, 0.29) is 0 Å². The highest BCUT2D eigenvalue weighted by Crippen LogP contribution is 2.46. The first kappa shape index (κ1) is 57.2. The molecule has 458 valence electrons. The van der Waals surface area contributed by atoms with E-state index in [1.165, 1.54) is 0 Å². The summed E-state index contributed by atoms with van der Waals surface area (Å²) >= 11 is 0. The smallest absolute Gasteiger partial charge is 0.166 e. The van der Waals surface area contributed by atoms with Crippen molar-refractivity contribution in [2.75, 3.05) is 0 Å². The van der Waals surface area contributed by atoms with Crippen molar-refractivity contribution in [2.24, 2.45) is 0 Å². The van der Waals surface area contributed by atoms with Crippen molar-refractivity contribution >= 4 is 43.6 Å². The van der Waals surface area contributed by atoms with Gasteiger partial charge in [0.25, 0.3) is 0 Å². The number of para-hydroxylation sites is 1. The van der Waals surface area contributed by atoms with Gasteiger partial charge in [-0.1, -0.05) is 273 Å². The number of nitrogens with zero attached hydrogens (tertiary/aromatic N) is 10. The first-order chi connectivity index (χ1) is 48.6. The van der Waals surface area contributed by atoms with E-state index in [0.717, 1.165) is 133 Å². The minimum atomic E-state index is 0.438. The molecule has 0 saturated heterocycles. The summed E-state index contributed by atoms with van der Waals surface area (Å²) in [7, 11) is 0. The largest absolute Gasteiger partial charge is 0.308 e. The molecule has 12 aromatic carbocycles. The van der Waals surface area contributed by atoms with Crippen LogP contribution < -0.4 is 0 Å². The van der Waals surface area contributed by atoms with Crippen LogP contribution in [0.1, 0.15) is 0 Å². The first-order valence-electron chi connectivity index (χ1n) is 32.7. The molecule has 0 amide bonds. The summed E-state index contributed by atoms with van der Waals surface area (Å²) in [6.45, 7) is 0. The summed E-state index contributed by atoms with van der Waals surface area (Å²) in [6, 6.07) is 118. The summed E-state index contributed by atoms with van der Waals surface area (Å²) in [4.78, 5) is 43.7. The van der Waals surface area contributed by atoms with Crippen LogP contribution in [0.25, 0.3) is 179 Å². The maximum atomic E-state index is 5.62. The molecule has 10 heteroatoms. The molecule has 6 heterocycles. The SMILES string of the molecule is c1ccc(-c2ccc3c(c2)c2ccccc2n3-c2cc(-n3c4cc(-c5cccc(-c6ccccc6)n5)ccc4c4ccc(-c5cccc(-c6ccccc6)n5)cc43)c(-c3nc(-c4ccccc4)nc(-c4ccccc4)n3)cc2-c2nc(-c3ccccc3)nc(-c3ccccc3)n2)cc1. The van der Waals surface area contributed by atoms with Crippen LogP contribution in [0.5, 0.6) is 0 Å². The maximum absolute atomic E-state index is 5.62. The van der Waals surface area contributed by atoms with Gasteiger partial charge < -0.3 is 9.13 Å². The van der Waals surface area contributed by atoms with Crippen LogP contribution >= 0.6 is 0 Å². The number of hydrogen-bond acceptors (Lipinski definition) is 8. The number of aromatic nitrogens is 10. The molecule has 0 unspecified atom stereocenters. The zero-order chi connectivity index (χ0) is 64.9. The number of hydrogen-bond donors (Lipinski definition) is 0. The Labute approximate surface area is 564 Å². The topological polar surface area (TPSA) is 113 Å². The fourth-order valence-corrected chi connectivity index (χ4v) is 13.5. The van der Waals surface area contributed by atoms with Gasteiger partial charge in [-0.15, -0.1) is 0 Å². The van der Waals surface area contributed by atoms with Gasteiger partial charge in [0, 0.05) is 77.2 Å². The van der Waals surface area contributed by atoms with Crippen molar-refractivity contribution in [1.29, 1.82) is 0 Å². The Morgan fingerprint density at radius 1 is 0.163 bits per heavy atom. The van der Waals surface area contributed by atoms with Crippen LogP contribution in [0.4, 0.5) is 0 Å².